The molecule has 0 radical (unpaired) electrons. The van der Waals surface area contributed by atoms with E-state index < -0.39 is 0 Å². The lowest BCUT2D eigenvalue weighted by atomic mass is 10.1. The van der Waals surface area contributed by atoms with E-state index in [-0.39, 0.29) is 0 Å². The Morgan fingerprint density at radius 1 is 1.35 bits per heavy atom. The van der Waals surface area contributed by atoms with Crippen LogP contribution in [0.2, 0.25) is 0 Å². The minimum atomic E-state index is 0.317. The number of rotatable bonds is 4. The second-order valence-corrected chi connectivity index (χ2v) is 4.26. The maximum absolute atomic E-state index is 4.23. The molecular formula is C13H18N4. The summed E-state index contributed by atoms with van der Waals surface area (Å²) in [5.41, 5.74) is 3.70. The maximum atomic E-state index is 4.23. The van der Waals surface area contributed by atoms with Crippen molar-refractivity contribution in [2.24, 2.45) is 7.05 Å². The monoisotopic (exact) mass is 230 g/mol. The van der Waals surface area contributed by atoms with Crippen LogP contribution in [0.3, 0.4) is 0 Å². The predicted octanol–water partition coefficient (Wildman–Crippen LogP) is 1.97. The van der Waals surface area contributed by atoms with Gasteiger partial charge >= 0.3 is 0 Å². The molecule has 90 valence electrons. The van der Waals surface area contributed by atoms with Crippen molar-refractivity contribution in [1.29, 1.82) is 0 Å². The van der Waals surface area contributed by atoms with E-state index in [0.717, 1.165) is 6.54 Å². The number of aromatic nitrogens is 3. The van der Waals surface area contributed by atoms with Crippen molar-refractivity contribution < 1.29 is 0 Å². The molecular weight excluding hydrogens is 212 g/mol. The summed E-state index contributed by atoms with van der Waals surface area (Å²) in [4.78, 5) is 4.02. The number of aryl methyl sites for hydroxylation is 1. The van der Waals surface area contributed by atoms with Crippen molar-refractivity contribution >= 4 is 0 Å². The number of nitrogens with zero attached hydrogens (tertiary/aromatic N) is 3. The Labute approximate surface area is 102 Å². The van der Waals surface area contributed by atoms with Gasteiger partial charge in [-0.1, -0.05) is 0 Å². The fraction of sp³-hybridized carbons (Fsp3) is 0.385. The molecule has 0 aliphatic rings. The van der Waals surface area contributed by atoms with E-state index in [1.54, 1.807) is 0 Å². The third-order valence-corrected chi connectivity index (χ3v) is 3.14. The van der Waals surface area contributed by atoms with Crippen LogP contribution in [0, 0.1) is 6.92 Å². The lowest BCUT2D eigenvalue weighted by molar-refractivity contribution is 0.572. The summed E-state index contributed by atoms with van der Waals surface area (Å²) in [6.07, 6.45) is 5.56. The van der Waals surface area contributed by atoms with Crippen LogP contribution in [0.5, 0.6) is 0 Å². The molecule has 0 aliphatic carbocycles. The number of hydrogen-bond acceptors (Lipinski definition) is 3. The van der Waals surface area contributed by atoms with Gasteiger partial charge in [-0.15, -0.1) is 0 Å². The quantitative estimate of drug-likeness (QED) is 0.873. The third kappa shape index (κ3) is 2.71. The lowest BCUT2D eigenvalue weighted by Gasteiger charge is -2.13. The number of nitrogens with one attached hydrogen (secondary N) is 1. The molecule has 0 spiro atoms. The van der Waals surface area contributed by atoms with Crippen LogP contribution < -0.4 is 5.32 Å². The van der Waals surface area contributed by atoms with Gasteiger partial charge in [0.2, 0.25) is 0 Å². The van der Waals surface area contributed by atoms with Crippen LogP contribution in [0.25, 0.3) is 0 Å². The van der Waals surface area contributed by atoms with Gasteiger partial charge in [0.1, 0.15) is 0 Å². The zero-order chi connectivity index (χ0) is 12.3. The third-order valence-electron chi connectivity index (χ3n) is 3.14. The van der Waals surface area contributed by atoms with Gasteiger partial charge in [-0.2, -0.15) is 5.10 Å². The Hall–Kier alpha value is -1.68. The van der Waals surface area contributed by atoms with Crippen molar-refractivity contribution in [2.45, 2.75) is 26.4 Å². The van der Waals surface area contributed by atoms with Gasteiger partial charge in [0.25, 0.3) is 0 Å². The summed E-state index contributed by atoms with van der Waals surface area (Å²) in [6.45, 7) is 5.07. The molecule has 0 bridgehead atoms. The molecule has 4 nitrogen and oxygen atoms in total. The highest BCUT2D eigenvalue weighted by atomic mass is 15.3. The number of pyridine rings is 1. The van der Waals surface area contributed by atoms with Crippen molar-refractivity contribution in [3.05, 3.63) is 47.5 Å². The summed E-state index contributed by atoms with van der Waals surface area (Å²) >= 11 is 0. The van der Waals surface area contributed by atoms with Crippen LogP contribution in [0.4, 0.5) is 0 Å². The van der Waals surface area contributed by atoms with Gasteiger partial charge in [-0.25, -0.2) is 0 Å². The first-order valence-electron chi connectivity index (χ1n) is 5.79. The van der Waals surface area contributed by atoms with Crippen molar-refractivity contribution in [3.8, 4) is 0 Å². The molecule has 0 amide bonds. The summed E-state index contributed by atoms with van der Waals surface area (Å²) in [5.74, 6) is 0. The van der Waals surface area contributed by atoms with Crippen LogP contribution in [-0.2, 0) is 13.6 Å². The number of hydrogen-bond donors (Lipinski definition) is 1. The SMILES string of the molecule is Cc1c(CNC(C)c2ccncc2)cnn1C. The molecule has 2 aromatic heterocycles. The van der Waals surface area contributed by atoms with Crippen LogP contribution in [0.1, 0.15) is 29.8 Å². The molecule has 0 aliphatic heterocycles. The van der Waals surface area contributed by atoms with Gasteiger partial charge in [0.05, 0.1) is 6.20 Å². The Morgan fingerprint density at radius 2 is 2.06 bits per heavy atom. The van der Waals surface area contributed by atoms with Crippen LogP contribution in [0.15, 0.2) is 30.7 Å². The minimum Gasteiger partial charge on any atom is -0.306 e. The Balaban J connectivity index is 1.97. The van der Waals surface area contributed by atoms with Gasteiger partial charge in [-0.3, -0.25) is 9.67 Å². The molecule has 2 heterocycles. The fourth-order valence-electron chi connectivity index (χ4n) is 1.75. The summed E-state index contributed by atoms with van der Waals surface area (Å²) in [5, 5.41) is 7.72. The molecule has 0 saturated heterocycles. The molecule has 1 unspecified atom stereocenters. The molecule has 4 heteroatoms. The second kappa shape index (κ2) is 5.10. The molecule has 2 aromatic rings. The Bertz CT molecular complexity index is 475. The van der Waals surface area contributed by atoms with E-state index in [9.17, 15) is 0 Å². The first kappa shape index (κ1) is 11.8. The molecule has 2 rings (SSSR count). The molecule has 17 heavy (non-hydrogen) atoms. The first-order chi connectivity index (χ1) is 8.18. The predicted molar refractivity (Wildman–Crippen MR) is 67.4 cm³/mol. The van der Waals surface area contributed by atoms with E-state index in [1.165, 1.54) is 16.8 Å². The first-order valence-corrected chi connectivity index (χ1v) is 5.79. The van der Waals surface area contributed by atoms with E-state index in [0.29, 0.717) is 6.04 Å². The van der Waals surface area contributed by atoms with Gasteiger partial charge in [-0.05, 0) is 31.5 Å². The highest BCUT2D eigenvalue weighted by Crippen LogP contribution is 2.12. The molecule has 0 saturated carbocycles. The second-order valence-electron chi connectivity index (χ2n) is 4.26. The minimum absolute atomic E-state index is 0.317. The summed E-state index contributed by atoms with van der Waals surface area (Å²) in [7, 11) is 1.96. The van der Waals surface area contributed by atoms with Crippen molar-refractivity contribution in [1.82, 2.24) is 20.1 Å². The average molecular weight is 230 g/mol. The van der Waals surface area contributed by atoms with E-state index in [4.69, 9.17) is 0 Å². The van der Waals surface area contributed by atoms with E-state index in [1.807, 2.05) is 42.5 Å². The van der Waals surface area contributed by atoms with E-state index >= 15 is 0 Å². The highest BCUT2D eigenvalue weighted by molar-refractivity contribution is 5.17. The zero-order valence-corrected chi connectivity index (χ0v) is 10.5. The standard InChI is InChI=1S/C13H18N4/c1-10(12-4-6-14-7-5-12)15-8-13-9-16-17(3)11(13)2/h4-7,9-10,15H,8H2,1-3H3. The molecule has 0 fully saturated rings. The van der Waals surface area contributed by atoms with E-state index in [2.05, 4.69) is 29.2 Å². The van der Waals surface area contributed by atoms with Crippen molar-refractivity contribution in [2.75, 3.05) is 0 Å². The Morgan fingerprint density at radius 3 is 2.65 bits per heavy atom. The maximum Gasteiger partial charge on any atom is 0.0537 e. The van der Waals surface area contributed by atoms with Gasteiger partial charge in [0.15, 0.2) is 0 Å². The molecule has 1 atom stereocenters. The van der Waals surface area contributed by atoms with Gasteiger partial charge < -0.3 is 5.32 Å². The average Bonchev–Trinajstić information content (AvgIpc) is 2.68. The molecule has 0 aromatic carbocycles. The smallest absolute Gasteiger partial charge is 0.0537 e. The lowest BCUT2D eigenvalue weighted by Crippen LogP contribution is -2.18. The topological polar surface area (TPSA) is 42.7 Å². The van der Waals surface area contributed by atoms with Crippen molar-refractivity contribution in [3.63, 3.8) is 0 Å². The van der Waals surface area contributed by atoms with Crippen LogP contribution >= 0.6 is 0 Å². The summed E-state index contributed by atoms with van der Waals surface area (Å²) in [6, 6.07) is 4.39. The van der Waals surface area contributed by atoms with Crippen LogP contribution in [-0.4, -0.2) is 14.8 Å². The molecule has 1 N–H and O–H groups in total. The fourth-order valence-corrected chi connectivity index (χ4v) is 1.75. The highest BCUT2D eigenvalue weighted by Gasteiger charge is 2.07. The largest absolute Gasteiger partial charge is 0.306 e. The normalized spacial score (nSPS) is 12.6. The summed E-state index contributed by atoms with van der Waals surface area (Å²) < 4.78 is 1.90. The Kier molecular flexibility index (Phi) is 3.54. The zero-order valence-electron chi connectivity index (χ0n) is 10.5. The van der Waals surface area contributed by atoms with Gasteiger partial charge in [0, 0.05) is 43.3 Å².